The first-order valence-electron chi connectivity index (χ1n) is 7.65. The van der Waals surface area contributed by atoms with Gasteiger partial charge in [-0.2, -0.15) is 0 Å². The van der Waals surface area contributed by atoms with Gasteiger partial charge in [0.25, 0.3) is 0 Å². The molecule has 0 fully saturated rings. The molecule has 1 aromatic rings. The van der Waals surface area contributed by atoms with E-state index in [0.717, 1.165) is 30.4 Å². The molecule has 0 bridgehead atoms. The van der Waals surface area contributed by atoms with Crippen LogP contribution in [0.4, 0.5) is 0 Å². The van der Waals surface area contributed by atoms with Crippen molar-refractivity contribution in [1.29, 1.82) is 0 Å². The van der Waals surface area contributed by atoms with Gasteiger partial charge in [-0.15, -0.1) is 0 Å². The Labute approximate surface area is 137 Å². The fraction of sp³-hybridized carbons (Fsp3) is 0.647. The van der Waals surface area contributed by atoms with Gasteiger partial charge >= 0.3 is 0 Å². The molecule has 23 heavy (non-hydrogen) atoms. The Morgan fingerprint density at radius 2 is 1.74 bits per heavy atom. The third kappa shape index (κ3) is 3.71. The quantitative estimate of drug-likeness (QED) is 0.567. The van der Waals surface area contributed by atoms with Crippen LogP contribution in [0.5, 0.6) is 17.2 Å². The monoisotopic (exact) mass is 326 g/mol. The first kappa shape index (κ1) is 17.8. The van der Waals surface area contributed by atoms with Crippen molar-refractivity contribution in [3.05, 3.63) is 17.2 Å². The number of rotatable bonds is 7. The molecule has 1 aliphatic rings. The summed E-state index contributed by atoms with van der Waals surface area (Å²) in [7, 11) is 8.21. The molecule has 1 aromatic carbocycles. The second-order valence-electron chi connectivity index (χ2n) is 5.41. The van der Waals surface area contributed by atoms with Crippen LogP contribution in [0.15, 0.2) is 6.07 Å². The molecule has 6 heteroatoms. The van der Waals surface area contributed by atoms with E-state index in [1.54, 1.807) is 35.5 Å². The molecule has 2 atom stereocenters. The van der Waals surface area contributed by atoms with E-state index < -0.39 is 0 Å². The van der Waals surface area contributed by atoms with Gasteiger partial charge in [-0.3, -0.25) is 0 Å². The minimum Gasteiger partial charge on any atom is -0.493 e. The molecule has 0 spiro atoms. The third-order valence-electron chi connectivity index (χ3n) is 4.23. The smallest absolute Gasteiger partial charge is 0.203 e. The zero-order valence-electron chi connectivity index (χ0n) is 14.5. The highest BCUT2D eigenvalue weighted by molar-refractivity contribution is 5.60. The summed E-state index contributed by atoms with van der Waals surface area (Å²) >= 11 is 0. The predicted molar refractivity (Wildman–Crippen MR) is 85.5 cm³/mol. The number of hydrogen-bond acceptors (Lipinski definition) is 6. The maximum absolute atomic E-state index is 5.89. The van der Waals surface area contributed by atoms with Crippen molar-refractivity contribution < 1.29 is 28.4 Å². The molecule has 2 rings (SSSR count). The maximum atomic E-state index is 5.89. The Morgan fingerprint density at radius 1 is 1.00 bits per heavy atom. The molecule has 1 aliphatic carbocycles. The SMILES string of the molecule is COCOC1CC(OC)CCc2c1cc(OC)c(OC)c2OC. The molecular formula is C17H26O6. The minimum atomic E-state index is -0.147. The van der Waals surface area contributed by atoms with Crippen LogP contribution in [-0.4, -0.2) is 48.4 Å². The van der Waals surface area contributed by atoms with E-state index >= 15 is 0 Å². The molecule has 0 N–H and O–H groups in total. The van der Waals surface area contributed by atoms with Crippen molar-refractivity contribution in [2.24, 2.45) is 0 Å². The van der Waals surface area contributed by atoms with Crippen LogP contribution in [0.1, 0.15) is 30.1 Å². The molecule has 0 heterocycles. The summed E-state index contributed by atoms with van der Waals surface area (Å²) in [5.41, 5.74) is 2.11. The largest absolute Gasteiger partial charge is 0.493 e. The van der Waals surface area contributed by atoms with Gasteiger partial charge in [-0.25, -0.2) is 0 Å². The lowest BCUT2D eigenvalue weighted by molar-refractivity contribution is -0.0884. The van der Waals surface area contributed by atoms with E-state index in [2.05, 4.69) is 0 Å². The van der Waals surface area contributed by atoms with Crippen molar-refractivity contribution in [1.82, 2.24) is 0 Å². The highest BCUT2D eigenvalue weighted by Gasteiger charge is 2.30. The van der Waals surface area contributed by atoms with Gasteiger partial charge in [0.1, 0.15) is 6.79 Å². The van der Waals surface area contributed by atoms with E-state index in [-0.39, 0.29) is 19.0 Å². The molecule has 0 aromatic heterocycles. The van der Waals surface area contributed by atoms with Gasteiger partial charge in [-0.1, -0.05) is 0 Å². The standard InChI is InChI=1S/C17H26O6/c1-18-10-23-14-8-11(19-2)6-7-12-13(14)9-15(20-3)17(22-5)16(12)21-4/h9,11,14H,6-8,10H2,1-5H3. The van der Waals surface area contributed by atoms with Gasteiger partial charge in [-0.05, 0) is 24.5 Å². The summed E-state index contributed by atoms with van der Waals surface area (Å²) in [6.45, 7) is 0.219. The highest BCUT2D eigenvalue weighted by atomic mass is 16.7. The average Bonchev–Trinajstić information content (AvgIpc) is 2.77. The first-order chi connectivity index (χ1) is 11.2. The molecule has 0 aliphatic heterocycles. The van der Waals surface area contributed by atoms with Crippen molar-refractivity contribution in [3.63, 3.8) is 0 Å². The molecule has 130 valence electrons. The van der Waals surface area contributed by atoms with E-state index in [0.29, 0.717) is 17.2 Å². The lowest BCUT2D eigenvalue weighted by atomic mass is 9.98. The van der Waals surface area contributed by atoms with Crippen LogP contribution in [0.25, 0.3) is 0 Å². The Kier molecular flexibility index (Phi) is 6.50. The first-order valence-corrected chi connectivity index (χ1v) is 7.65. The molecule has 6 nitrogen and oxygen atoms in total. The van der Waals surface area contributed by atoms with Gasteiger partial charge in [0.15, 0.2) is 11.5 Å². The van der Waals surface area contributed by atoms with Crippen LogP contribution in [0, 0.1) is 0 Å². The van der Waals surface area contributed by atoms with Crippen LogP contribution >= 0.6 is 0 Å². The minimum absolute atomic E-state index is 0.117. The lowest BCUT2D eigenvalue weighted by Crippen LogP contribution is -2.16. The zero-order chi connectivity index (χ0) is 16.8. The van der Waals surface area contributed by atoms with Crippen LogP contribution in [-0.2, 0) is 20.6 Å². The van der Waals surface area contributed by atoms with Crippen molar-refractivity contribution >= 4 is 0 Å². The number of fused-ring (bicyclic) bond motifs is 1. The van der Waals surface area contributed by atoms with Crippen molar-refractivity contribution in [2.75, 3.05) is 42.3 Å². The molecule has 0 radical (unpaired) electrons. The Bertz CT molecular complexity index is 516. The second-order valence-corrected chi connectivity index (χ2v) is 5.41. The zero-order valence-corrected chi connectivity index (χ0v) is 14.5. The number of methoxy groups -OCH3 is 5. The van der Waals surface area contributed by atoms with Crippen LogP contribution in [0.3, 0.4) is 0 Å². The van der Waals surface area contributed by atoms with E-state index in [9.17, 15) is 0 Å². The normalized spacial score (nSPS) is 20.6. The molecule has 0 saturated carbocycles. The summed E-state index contributed by atoms with van der Waals surface area (Å²) in [4.78, 5) is 0. The third-order valence-corrected chi connectivity index (χ3v) is 4.23. The number of ether oxygens (including phenoxy) is 6. The van der Waals surface area contributed by atoms with Crippen LogP contribution < -0.4 is 14.2 Å². The summed E-state index contributed by atoms with van der Waals surface area (Å²) in [5.74, 6) is 1.93. The number of benzene rings is 1. The van der Waals surface area contributed by atoms with Crippen molar-refractivity contribution in [2.45, 2.75) is 31.5 Å². The summed E-state index contributed by atoms with van der Waals surface area (Å²) in [6.07, 6.45) is 2.44. The van der Waals surface area contributed by atoms with Crippen molar-refractivity contribution in [3.8, 4) is 17.2 Å². The Hall–Kier alpha value is -1.50. The topological polar surface area (TPSA) is 55.4 Å². The fourth-order valence-electron chi connectivity index (χ4n) is 3.09. The van der Waals surface area contributed by atoms with E-state index in [1.165, 1.54) is 0 Å². The summed E-state index contributed by atoms with van der Waals surface area (Å²) in [6, 6.07) is 1.97. The average molecular weight is 326 g/mol. The van der Waals surface area contributed by atoms with E-state index in [4.69, 9.17) is 28.4 Å². The Balaban J connectivity index is 2.53. The lowest BCUT2D eigenvalue weighted by Gasteiger charge is -2.23. The number of hydrogen-bond donors (Lipinski definition) is 0. The summed E-state index contributed by atoms with van der Waals surface area (Å²) in [5, 5.41) is 0. The fourth-order valence-corrected chi connectivity index (χ4v) is 3.09. The van der Waals surface area contributed by atoms with Gasteiger partial charge in [0.2, 0.25) is 5.75 Å². The highest BCUT2D eigenvalue weighted by Crippen LogP contribution is 2.47. The molecule has 2 unspecified atom stereocenters. The predicted octanol–water partition coefficient (Wildman–Crippen LogP) is 2.73. The van der Waals surface area contributed by atoms with Crippen LogP contribution in [0.2, 0.25) is 0 Å². The molecule has 0 amide bonds. The summed E-state index contributed by atoms with van der Waals surface area (Å²) < 4.78 is 33.1. The molecular weight excluding hydrogens is 300 g/mol. The molecule has 0 saturated heterocycles. The van der Waals surface area contributed by atoms with Gasteiger partial charge in [0.05, 0.1) is 33.5 Å². The maximum Gasteiger partial charge on any atom is 0.203 e. The van der Waals surface area contributed by atoms with Gasteiger partial charge in [0, 0.05) is 26.2 Å². The second kappa shape index (κ2) is 8.38. The Morgan fingerprint density at radius 3 is 2.30 bits per heavy atom. The van der Waals surface area contributed by atoms with E-state index in [1.807, 2.05) is 6.07 Å². The van der Waals surface area contributed by atoms with Gasteiger partial charge < -0.3 is 28.4 Å².